The molecule has 1 amide bonds. The predicted octanol–water partition coefficient (Wildman–Crippen LogP) is 3.21. The average Bonchev–Trinajstić information content (AvgIpc) is 3.13. The Bertz CT molecular complexity index is 784. The van der Waals surface area contributed by atoms with Crippen LogP contribution in [0, 0.1) is 0 Å². The van der Waals surface area contributed by atoms with Crippen LogP contribution in [0.25, 0.3) is 16.2 Å². The van der Waals surface area contributed by atoms with Gasteiger partial charge in [-0.15, -0.1) is 11.3 Å². The normalized spacial score (nSPS) is 20.5. The smallest absolute Gasteiger partial charge is 0.276 e. The zero-order valence-electron chi connectivity index (χ0n) is 12.2. The number of hydrogen-bond donors (Lipinski definition) is 1. The minimum absolute atomic E-state index is 0.101. The van der Waals surface area contributed by atoms with Gasteiger partial charge >= 0.3 is 0 Å². The molecule has 1 fully saturated rings. The lowest BCUT2D eigenvalue weighted by Crippen LogP contribution is -2.43. The van der Waals surface area contributed by atoms with Crippen LogP contribution in [0.15, 0.2) is 40.3 Å². The molecule has 5 heteroatoms. The van der Waals surface area contributed by atoms with Crippen LogP contribution in [0.1, 0.15) is 24.8 Å². The van der Waals surface area contributed by atoms with Gasteiger partial charge in [-0.1, -0.05) is 18.2 Å². The Hall–Kier alpha value is -2.14. The molecule has 0 spiro atoms. The van der Waals surface area contributed by atoms with Crippen LogP contribution in [0.3, 0.4) is 0 Å². The molecular formula is C17H17N3OS. The van der Waals surface area contributed by atoms with Crippen molar-refractivity contribution in [2.24, 2.45) is 4.99 Å². The number of guanidine groups is 1. The van der Waals surface area contributed by atoms with Gasteiger partial charge in [0.25, 0.3) is 5.91 Å². The number of nitrogens with one attached hydrogen (secondary N) is 1. The number of hydrogen-bond acceptors (Lipinski definition) is 4. The molecule has 1 aromatic carbocycles. The molecule has 3 heterocycles. The first-order valence-corrected chi connectivity index (χ1v) is 8.52. The van der Waals surface area contributed by atoms with E-state index in [1.165, 1.54) is 29.3 Å². The second kappa shape index (κ2) is 5.57. The molecule has 0 aliphatic carbocycles. The first-order valence-electron chi connectivity index (χ1n) is 7.64. The number of carbonyl (C=O) groups excluding carboxylic acids is 1. The summed E-state index contributed by atoms with van der Waals surface area (Å²) in [6, 6.07) is 8.23. The maximum atomic E-state index is 12.2. The Morgan fingerprint density at radius 3 is 2.86 bits per heavy atom. The predicted molar refractivity (Wildman–Crippen MR) is 90.8 cm³/mol. The van der Waals surface area contributed by atoms with Crippen LogP contribution in [-0.4, -0.2) is 29.9 Å². The SMILES string of the molecule is O=C1NC(N2CCCCC2)=NC1=Cc1csc2ccccc12. The molecule has 0 atom stereocenters. The Morgan fingerprint density at radius 2 is 2.00 bits per heavy atom. The van der Waals surface area contributed by atoms with E-state index in [4.69, 9.17) is 0 Å². The van der Waals surface area contributed by atoms with Gasteiger partial charge in [0.05, 0.1) is 0 Å². The van der Waals surface area contributed by atoms with Crippen LogP contribution in [0.5, 0.6) is 0 Å². The number of benzene rings is 1. The van der Waals surface area contributed by atoms with Crippen LogP contribution >= 0.6 is 11.3 Å². The third-order valence-corrected chi connectivity index (χ3v) is 5.12. The van der Waals surface area contributed by atoms with Gasteiger partial charge in [-0.25, -0.2) is 4.99 Å². The number of carbonyl (C=O) groups is 1. The van der Waals surface area contributed by atoms with Crippen molar-refractivity contribution in [1.29, 1.82) is 0 Å². The summed E-state index contributed by atoms with van der Waals surface area (Å²) in [4.78, 5) is 18.9. The topological polar surface area (TPSA) is 44.7 Å². The third kappa shape index (κ3) is 2.41. The molecule has 112 valence electrons. The van der Waals surface area contributed by atoms with Crippen molar-refractivity contribution in [2.45, 2.75) is 19.3 Å². The number of aliphatic imine (C=N–C) groups is 1. The molecule has 1 saturated heterocycles. The number of likely N-dealkylation sites (tertiary alicyclic amines) is 1. The van der Waals surface area contributed by atoms with Crippen molar-refractivity contribution < 1.29 is 4.79 Å². The van der Waals surface area contributed by atoms with Gasteiger partial charge in [0.1, 0.15) is 5.70 Å². The Kier molecular flexibility index (Phi) is 3.42. The molecule has 4 rings (SSSR count). The molecule has 0 bridgehead atoms. The maximum Gasteiger partial charge on any atom is 0.276 e. The standard InChI is InChI=1S/C17H17N3OS/c21-16-14(18-17(19-16)20-8-4-1-5-9-20)10-12-11-22-15-7-3-2-6-13(12)15/h2-3,6-7,10-11H,1,4-5,8-9H2,(H,18,19,21). The number of rotatable bonds is 1. The molecule has 0 unspecified atom stereocenters. The average molecular weight is 311 g/mol. The van der Waals surface area contributed by atoms with Gasteiger partial charge in [0, 0.05) is 17.8 Å². The molecule has 2 aliphatic rings. The summed E-state index contributed by atoms with van der Waals surface area (Å²) in [5, 5.41) is 6.16. The van der Waals surface area contributed by atoms with E-state index in [0.29, 0.717) is 5.70 Å². The van der Waals surface area contributed by atoms with Gasteiger partial charge in [-0.3, -0.25) is 10.1 Å². The maximum absolute atomic E-state index is 12.2. The van der Waals surface area contributed by atoms with Gasteiger partial charge in [-0.2, -0.15) is 0 Å². The second-order valence-electron chi connectivity index (χ2n) is 5.65. The van der Waals surface area contributed by atoms with Crippen molar-refractivity contribution in [3.8, 4) is 0 Å². The van der Waals surface area contributed by atoms with Crippen molar-refractivity contribution in [2.75, 3.05) is 13.1 Å². The largest absolute Gasteiger partial charge is 0.342 e. The molecule has 1 N–H and O–H groups in total. The third-order valence-electron chi connectivity index (χ3n) is 4.14. The lowest BCUT2D eigenvalue weighted by molar-refractivity contribution is -0.115. The van der Waals surface area contributed by atoms with Crippen molar-refractivity contribution >= 4 is 39.4 Å². The van der Waals surface area contributed by atoms with Gasteiger partial charge < -0.3 is 4.90 Å². The van der Waals surface area contributed by atoms with E-state index in [-0.39, 0.29) is 5.91 Å². The number of fused-ring (bicyclic) bond motifs is 1. The molecule has 2 aromatic rings. The van der Waals surface area contributed by atoms with Gasteiger partial charge in [0.2, 0.25) is 5.96 Å². The molecular weight excluding hydrogens is 294 g/mol. The van der Waals surface area contributed by atoms with Crippen LogP contribution in [0.2, 0.25) is 0 Å². The van der Waals surface area contributed by atoms with E-state index in [1.807, 2.05) is 18.2 Å². The molecule has 1 aromatic heterocycles. The van der Waals surface area contributed by atoms with Gasteiger partial charge in [-0.05, 0) is 47.7 Å². The highest BCUT2D eigenvalue weighted by atomic mass is 32.1. The number of nitrogens with zero attached hydrogens (tertiary/aromatic N) is 2. The minimum Gasteiger partial charge on any atom is -0.342 e. The van der Waals surface area contributed by atoms with Crippen molar-refractivity contribution in [3.05, 3.63) is 40.9 Å². The highest BCUT2D eigenvalue weighted by molar-refractivity contribution is 7.17. The van der Waals surface area contributed by atoms with E-state index in [2.05, 4.69) is 32.7 Å². The first-order chi connectivity index (χ1) is 10.8. The summed E-state index contributed by atoms with van der Waals surface area (Å²) in [5.41, 5.74) is 1.57. The quantitative estimate of drug-likeness (QED) is 0.822. The summed E-state index contributed by atoms with van der Waals surface area (Å²) in [5.74, 6) is 0.617. The molecule has 4 nitrogen and oxygen atoms in total. The summed E-state index contributed by atoms with van der Waals surface area (Å²) in [6.45, 7) is 1.96. The minimum atomic E-state index is -0.101. The monoisotopic (exact) mass is 311 g/mol. The lowest BCUT2D eigenvalue weighted by atomic mass is 10.1. The molecule has 0 saturated carbocycles. The van der Waals surface area contributed by atoms with Crippen molar-refractivity contribution in [3.63, 3.8) is 0 Å². The van der Waals surface area contributed by atoms with E-state index in [0.717, 1.165) is 24.6 Å². The Labute approximate surface area is 133 Å². The Balaban J connectivity index is 1.66. The second-order valence-corrected chi connectivity index (χ2v) is 6.57. The first kappa shape index (κ1) is 13.5. The molecule has 2 aliphatic heterocycles. The fraction of sp³-hybridized carbons (Fsp3) is 0.294. The number of thiophene rings is 1. The van der Waals surface area contributed by atoms with Gasteiger partial charge in [0.15, 0.2) is 0 Å². The number of amides is 1. The van der Waals surface area contributed by atoms with E-state index in [1.54, 1.807) is 11.3 Å². The summed E-state index contributed by atoms with van der Waals surface area (Å²) >= 11 is 1.69. The highest BCUT2D eigenvalue weighted by Crippen LogP contribution is 2.28. The van der Waals surface area contributed by atoms with Crippen molar-refractivity contribution in [1.82, 2.24) is 10.2 Å². The fourth-order valence-corrected chi connectivity index (χ4v) is 3.89. The van der Waals surface area contributed by atoms with Crippen LogP contribution < -0.4 is 5.32 Å². The molecule has 22 heavy (non-hydrogen) atoms. The lowest BCUT2D eigenvalue weighted by Gasteiger charge is -2.27. The van der Waals surface area contributed by atoms with E-state index in [9.17, 15) is 4.79 Å². The van der Waals surface area contributed by atoms with E-state index < -0.39 is 0 Å². The van der Waals surface area contributed by atoms with E-state index >= 15 is 0 Å². The summed E-state index contributed by atoms with van der Waals surface area (Å²) in [6.07, 6.45) is 5.50. The van der Waals surface area contributed by atoms with Crippen LogP contribution in [-0.2, 0) is 4.79 Å². The molecule has 0 radical (unpaired) electrons. The Morgan fingerprint density at radius 1 is 1.18 bits per heavy atom. The summed E-state index contributed by atoms with van der Waals surface area (Å²) < 4.78 is 1.23. The summed E-state index contributed by atoms with van der Waals surface area (Å²) in [7, 11) is 0. The highest BCUT2D eigenvalue weighted by Gasteiger charge is 2.25. The zero-order valence-corrected chi connectivity index (χ0v) is 13.0. The number of piperidine rings is 1. The fourth-order valence-electron chi connectivity index (χ4n) is 2.97. The zero-order chi connectivity index (χ0) is 14.9. The van der Waals surface area contributed by atoms with Crippen LogP contribution in [0.4, 0.5) is 0 Å².